The molecule has 1 saturated carbocycles. The zero-order valence-corrected chi connectivity index (χ0v) is 12.6. The minimum absolute atomic E-state index is 0.0995. The standard InChI is InChI=1S/C13H22N4OS/c1-9(2)17-8-14-16-13(17)19-7-12(18)15-11-5-4-10(3)6-11/h8-11H,4-7H2,1-3H3,(H,15,18). The number of rotatable bonds is 5. The molecule has 1 aromatic rings. The summed E-state index contributed by atoms with van der Waals surface area (Å²) in [6.45, 7) is 6.40. The van der Waals surface area contributed by atoms with Crippen molar-refractivity contribution in [1.29, 1.82) is 0 Å². The predicted molar refractivity (Wildman–Crippen MR) is 76.1 cm³/mol. The minimum atomic E-state index is 0.0995. The summed E-state index contributed by atoms with van der Waals surface area (Å²) >= 11 is 1.45. The van der Waals surface area contributed by atoms with Crippen molar-refractivity contribution in [3.63, 3.8) is 0 Å². The maximum Gasteiger partial charge on any atom is 0.230 e. The van der Waals surface area contributed by atoms with Crippen LogP contribution in [-0.2, 0) is 4.79 Å². The molecule has 1 aliphatic carbocycles. The van der Waals surface area contributed by atoms with Crippen LogP contribution in [0.15, 0.2) is 11.5 Å². The summed E-state index contributed by atoms with van der Waals surface area (Å²) in [6, 6.07) is 0.683. The summed E-state index contributed by atoms with van der Waals surface area (Å²) in [7, 11) is 0. The first-order chi connectivity index (χ1) is 9.06. The van der Waals surface area contributed by atoms with Crippen LogP contribution in [-0.4, -0.2) is 32.5 Å². The number of aromatic nitrogens is 3. The Balaban J connectivity index is 1.78. The average molecular weight is 282 g/mol. The molecular formula is C13H22N4OS. The molecule has 1 aromatic heterocycles. The van der Waals surface area contributed by atoms with Crippen LogP contribution in [0, 0.1) is 5.92 Å². The molecule has 1 aliphatic rings. The first kappa shape index (κ1) is 14.4. The van der Waals surface area contributed by atoms with E-state index in [-0.39, 0.29) is 5.91 Å². The molecular weight excluding hydrogens is 260 g/mol. The van der Waals surface area contributed by atoms with Crippen LogP contribution in [0.4, 0.5) is 0 Å². The van der Waals surface area contributed by atoms with E-state index in [2.05, 4.69) is 36.3 Å². The van der Waals surface area contributed by atoms with Crippen molar-refractivity contribution in [3.8, 4) is 0 Å². The van der Waals surface area contributed by atoms with E-state index in [1.807, 2.05) is 4.57 Å². The minimum Gasteiger partial charge on any atom is -0.353 e. The van der Waals surface area contributed by atoms with Crippen LogP contribution in [0.1, 0.15) is 46.1 Å². The monoisotopic (exact) mass is 282 g/mol. The second kappa shape index (κ2) is 6.41. The number of thioether (sulfide) groups is 1. The molecule has 1 fully saturated rings. The Morgan fingerprint density at radius 1 is 1.58 bits per heavy atom. The van der Waals surface area contributed by atoms with Gasteiger partial charge in [0, 0.05) is 12.1 Å². The highest BCUT2D eigenvalue weighted by atomic mass is 32.2. The average Bonchev–Trinajstić information content (AvgIpc) is 2.95. The smallest absolute Gasteiger partial charge is 0.230 e. The SMILES string of the molecule is CC1CCC(NC(=O)CSc2nncn2C(C)C)C1. The lowest BCUT2D eigenvalue weighted by Crippen LogP contribution is -2.34. The number of hydrogen-bond acceptors (Lipinski definition) is 4. The van der Waals surface area contributed by atoms with E-state index in [4.69, 9.17) is 0 Å². The lowest BCUT2D eigenvalue weighted by atomic mass is 10.1. The van der Waals surface area contributed by atoms with Crippen molar-refractivity contribution >= 4 is 17.7 Å². The third kappa shape index (κ3) is 3.96. The molecule has 1 N–H and O–H groups in total. The van der Waals surface area contributed by atoms with Crippen molar-refractivity contribution < 1.29 is 4.79 Å². The summed E-state index contributed by atoms with van der Waals surface area (Å²) in [6.07, 6.45) is 5.15. The lowest BCUT2D eigenvalue weighted by molar-refractivity contribution is -0.119. The van der Waals surface area contributed by atoms with E-state index in [0.717, 1.165) is 23.9 Å². The van der Waals surface area contributed by atoms with Gasteiger partial charge in [0.25, 0.3) is 0 Å². The largest absolute Gasteiger partial charge is 0.353 e. The Morgan fingerprint density at radius 2 is 2.37 bits per heavy atom. The third-order valence-electron chi connectivity index (χ3n) is 3.49. The molecule has 5 nitrogen and oxygen atoms in total. The topological polar surface area (TPSA) is 59.8 Å². The van der Waals surface area contributed by atoms with Crippen LogP contribution in [0.25, 0.3) is 0 Å². The van der Waals surface area contributed by atoms with Crippen LogP contribution in [0.3, 0.4) is 0 Å². The van der Waals surface area contributed by atoms with Crippen molar-refractivity contribution in [1.82, 2.24) is 20.1 Å². The van der Waals surface area contributed by atoms with Crippen molar-refractivity contribution in [2.45, 2.75) is 57.3 Å². The first-order valence-corrected chi connectivity index (χ1v) is 7.86. The van der Waals surface area contributed by atoms with Gasteiger partial charge in [-0.05, 0) is 39.0 Å². The normalized spacial score (nSPS) is 22.9. The van der Waals surface area contributed by atoms with Gasteiger partial charge in [0.15, 0.2) is 5.16 Å². The Morgan fingerprint density at radius 3 is 3.00 bits per heavy atom. The molecule has 106 valence electrons. The molecule has 0 radical (unpaired) electrons. The van der Waals surface area contributed by atoms with E-state index >= 15 is 0 Å². The van der Waals surface area contributed by atoms with Gasteiger partial charge in [-0.3, -0.25) is 4.79 Å². The lowest BCUT2D eigenvalue weighted by Gasteiger charge is -2.13. The fourth-order valence-corrected chi connectivity index (χ4v) is 3.28. The van der Waals surface area contributed by atoms with Gasteiger partial charge < -0.3 is 9.88 Å². The molecule has 0 saturated heterocycles. The zero-order valence-electron chi connectivity index (χ0n) is 11.8. The van der Waals surface area contributed by atoms with Crippen molar-refractivity contribution in [2.24, 2.45) is 5.92 Å². The van der Waals surface area contributed by atoms with Gasteiger partial charge in [-0.25, -0.2) is 0 Å². The van der Waals surface area contributed by atoms with Crippen LogP contribution in [0.2, 0.25) is 0 Å². The van der Waals surface area contributed by atoms with Gasteiger partial charge in [-0.2, -0.15) is 0 Å². The van der Waals surface area contributed by atoms with Gasteiger partial charge in [0.2, 0.25) is 5.91 Å². The summed E-state index contributed by atoms with van der Waals surface area (Å²) in [5.74, 6) is 1.25. The highest BCUT2D eigenvalue weighted by molar-refractivity contribution is 7.99. The molecule has 1 amide bonds. The van der Waals surface area contributed by atoms with Crippen molar-refractivity contribution in [2.75, 3.05) is 5.75 Å². The molecule has 6 heteroatoms. The Bertz CT molecular complexity index is 432. The summed E-state index contributed by atoms with van der Waals surface area (Å²) in [5.41, 5.74) is 0. The van der Waals surface area contributed by atoms with Gasteiger partial charge in [0.1, 0.15) is 6.33 Å². The highest BCUT2D eigenvalue weighted by Gasteiger charge is 2.22. The molecule has 2 unspecified atom stereocenters. The fraction of sp³-hybridized carbons (Fsp3) is 0.769. The molecule has 0 aromatic carbocycles. The van der Waals surface area contributed by atoms with Crippen LogP contribution < -0.4 is 5.32 Å². The van der Waals surface area contributed by atoms with Crippen LogP contribution >= 0.6 is 11.8 Å². The fourth-order valence-electron chi connectivity index (χ4n) is 2.43. The second-order valence-electron chi connectivity index (χ2n) is 5.59. The van der Waals surface area contributed by atoms with Crippen molar-refractivity contribution in [3.05, 3.63) is 6.33 Å². The summed E-state index contributed by atoms with van der Waals surface area (Å²) in [4.78, 5) is 11.9. The number of carbonyl (C=O) groups excluding carboxylic acids is 1. The zero-order chi connectivity index (χ0) is 13.8. The van der Waals surface area contributed by atoms with Gasteiger partial charge >= 0.3 is 0 Å². The van der Waals surface area contributed by atoms with E-state index < -0.39 is 0 Å². The number of nitrogens with zero attached hydrogens (tertiary/aromatic N) is 3. The Labute approximate surface area is 118 Å². The molecule has 1 heterocycles. The Kier molecular flexibility index (Phi) is 4.85. The van der Waals surface area contributed by atoms with E-state index in [9.17, 15) is 4.79 Å². The maximum absolute atomic E-state index is 11.9. The number of hydrogen-bond donors (Lipinski definition) is 1. The summed E-state index contributed by atoms with van der Waals surface area (Å²) < 4.78 is 1.98. The number of amides is 1. The van der Waals surface area contributed by atoms with E-state index in [1.165, 1.54) is 18.2 Å². The molecule has 0 bridgehead atoms. The molecule has 19 heavy (non-hydrogen) atoms. The Hall–Kier alpha value is -1.04. The quantitative estimate of drug-likeness (QED) is 0.842. The molecule has 2 atom stereocenters. The van der Waals surface area contributed by atoms with E-state index in [1.54, 1.807) is 6.33 Å². The number of carbonyl (C=O) groups is 1. The molecule has 2 rings (SSSR count). The predicted octanol–water partition coefficient (Wildman–Crippen LogP) is 2.26. The second-order valence-corrected chi connectivity index (χ2v) is 6.53. The van der Waals surface area contributed by atoms with Crippen LogP contribution in [0.5, 0.6) is 0 Å². The van der Waals surface area contributed by atoms with Gasteiger partial charge in [-0.1, -0.05) is 18.7 Å². The first-order valence-electron chi connectivity index (χ1n) is 6.88. The summed E-state index contributed by atoms with van der Waals surface area (Å²) in [5, 5.41) is 11.9. The van der Waals surface area contributed by atoms with Gasteiger partial charge in [0.05, 0.1) is 5.75 Å². The third-order valence-corrected chi connectivity index (χ3v) is 4.45. The van der Waals surface area contributed by atoms with E-state index in [0.29, 0.717) is 17.8 Å². The highest BCUT2D eigenvalue weighted by Crippen LogP contribution is 2.25. The molecule has 0 spiro atoms. The molecule has 0 aliphatic heterocycles. The maximum atomic E-state index is 11.9. The van der Waals surface area contributed by atoms with Gasteiger partial charge in [-0.15, -0.1) is 10.2 Å². The number of nitrogens with one attached hydrogen (secondary N) is 1.